The lowest BCUT2D eigenvalue weighted by atomic mass is 10.2. The van der Waals surface area contributed by atoms with Crippen molar-refractivity contribution in [2.45, 2.75) is 58.6 Å². The van der Waals surface area contributed by atoms with E-state index < -0.39 is 0 Å². The molecule has 0 amide bonds. The summed E-state index contributed by atoms with van der Waals surface area (Å²) in [7, 11) is 3.77. The van der Waals surface area contributed by atoms with Gasteiger partial charge in [-0.15, -0.1) is 0 Å². The summed E-state index contributed by atoms with van der Waals surface area (Å²) in [6.07, 6.45) is 6.63. The summed E-state index contributed by atoms with van der Waals surface area (Å²) < 4.78 is 7.79. The van der Waals surface area contributed by atoms with Crippen molar-refractivity contribution < 1.29 is 4.74 Å². The molecule has 0 saturated heterocycles. The fourth-order valence-electron chi connectivity index (χ4n) is 3.05. The quantitative estimate of drug-likeness (QED) is 0.458. The van der Waals surface area contributed by atoms with Gasteiger partial charge in [0.2, 0.25) is 0 Å². The number of rotatable bonds is 7. The van der Waals surface area contributed by atoms with Gasteiger partial charge in [0.05, 0.1) is 11.8 Å². The molecule has 0 spiro atoms. The van der Waals surface area contributed by atoms with Gasteiger partial charge in [0, 0.05) is 45.0 Å². The maximum absolute atomic E-state index is 5.87. The van der Waals surface area contributed by atoms with E-state index in [4.69, 9.17) is 4.74 Å². The number of nitrogens with one attached hydrogen (secondary N) is 2. The maximum Gasteiger partial charge on any atom is 0.191 e. The number of nitrogens with zero attached hydrogens (tertiary/aromatic N) is 3. The van der Waals surface area contributed by atoms with Crippen LogP contribution in [0.1, 0.15) is 49.1 Å². The summed E-state index contributed by atoms with van der Waals surface area (Å²) in [5, 5.41) is 11.1. The van der Waals surface area contributed by atoms with E-state index in [2.05, 4.69) is 27.6 Å². The van der Waals surface area contributed by atoms with E-state index in [1.165, 1.54) is 36.9 Å². The first-order valence-electron chi connectivity index (χ1n) is 8.67. The van der Waals surface area contributed by atoms with Gasteiger partial charge >= 0.3 is 0 Å². The second-order valence-corrected chi connectivity index (χ2v) is 6.26. The summed E-state index contributed by atoms with van der Waals surface area (Å²) >= 11 is 0. The molecule has 23 heavy (non-hydrogen) atoms. The Balaban J connectivity index is 1.65. The predicted octanol–water partition coefficient (Wildman–Crippen LogP) is 2.05. The Morgan fingerprint density at radius 1 is 1.30 bits per heavy atom. The summed E-state index contributed by atoms with van der Waals surface area (Å²) in [6.45, 7) is 6.57. The van der Waals surface area contributed by atoms with Crippen molar-refractivity contribution in [1.82, 2.24) is 20.4 Å². The zero-order valence-electron chi connectivity index (χ0n) is 15.0. The number of aryl methyl sites for hydroxylation is 2. The SMILES string of the molecule is CN=C(NCCCOC1CCCC1)NCc1c(C)nn(C)c1C. The average molecular weight is 321 g/mol. The molecule has 6 heteroatoms. The number of aromatic nitrogens is 2. The second-order valence-electron chi connectivity index (χ2n) is 6.26. The van der Waals surface area contributed by atoms with Gasteiger partial charge < -0.3 is 15.4 Å². The van der Waals surface area contributed by atoms with Crippen LogP contribution < -0.4 is 10.6 Å². The van der Waals surface area contributed by atoms with Gasteiger partial charge in [-0.05, 0) is 33.1 Å². The largest absolute Gasteiger partial charge is 0.378 e. The third-order valence-electron chi connectivity index (χ3n) is 4.58. The first-order chi connectivity index (χ1) is 11.1. The minimum atomic E-state index is 0.504. The van der Waals surface area contributed by atoms with E-state index in [0.29, 0.717) is 6.10 Å². The molecule has 0 aliphatic heterocycles. The highest BCUT2D eigenvalue weighted by Gasteiger charge is 2.14. The second kappa shape index (κ2) is 8.91. The smallest absolute Gasteiger partial charge is 0.191 e. The van der Waals surface area contributed by atoms with E-state index in [-0.39, 0.29) is 0 Å². The third kappa shape index (κ3) is 5.23. The molecule has 1 fully saturated rings. The van der Waals surface area contributed by atoms with Crippen LogP contribution in [0.2, 0.25) is 0 Å². The van der Waals surface area contributed by atoms with Crippen molar-refractivity contribution in [1.29, 1.82) is 0 Å². The molecular weight excluding hydrogens is 290 g/mol. The molecule has 0 radical (unpaired) electrons. The molecule has 0 atom stereocenters. The van der Waals surface area contributed by atoms with Crippen LogP contribution in [0, 0.1) is 13.8 Å². The van der Waals surface area contributed by atoms with Crippen LogP contribution in [0.5, 0.6) is 0 Å². The molecule has 0 unspecified atom stereocenters. The number of hydrogen-bond donors (Lipinski definition) is 2. The van der Waals surface area contributed by atoms with Crippen LogP contribution in [0.3, 0.4) is 0 Å². The van der Waals surface area contributed by atoms with E-state index in [1.54, 1.807) is 7.05 Å². The molecular formula is C17H31N5O. The van der Waals surface area contributed by atoms with Crippen LogP contribution >= 0.6 is 0 Å². The molecule has 1 aromatic heterocycles. The van der Waals surface area contributed by atoms with E-state index in [1.807, 2.05) is 18.7 Å². The monoisotopic (exact) mass is 321 g/mol. The first kappa shape index (κ1) is 17.8. The molecule has 1 aliphatic rings. The van der Waals surface area contributed by atoms with Gasteiger partial charge in [-0.1, -0.05) is 12.8 Å². The highest BCUT2D eigenvalue weighted by molar-refractivity contribution is 5.79. The molecule has 0 bridgehead atoms. The van der Waals surface area contributed by atoms with Gasteiger partial charge in [0.1, 0.15) is 0 Å². The fraction of sp³-hybridized carbons (Fsp3) is 0.765. The van der Waals surface area contributed by atoms with E-state index in [9.17, 15) is 0 Å². The first-order valence-corrected chi connectivity index (χ1v) is 8.67. The summed E-state index contributed by atoms with van der Waals surface area (Å²) in [5.41, 5.74) is 3.49. The van der Waals surface area contributed by atoms with Crippen molar-refractivity contribution in [3.05, 3.63) is 17.0 Å². The Kier molecular flexibility index (Phi) is 6.89. The maximum atomic E-state index is 5.87. The Morgan fingerprint density at radius 3 is 2.65 bits per heavy atom. The van der Waals surface area contributed by atoms with Crippen molar-refractivity contribution in [3.8, 4) is 0 Å². The standard InChI is InChI=1S/C17H31N5O/c1-13-16(14(2)22(4)21-13)12-20-17(18-3)19-10-7-11-23-15-8-5-6-9-15/h15H,5-12H2,1-4H3,(H2,18,19,20). The van der Waals surface area contributed by atoms with Gasteiger partial charge in [-0.25, -0.2) is 0 Å². The van der Waals surface area contributed by atoms with Gasteiger partial charge in [0.25, 0.3) is 0 Å². The van der Waals surface area contributed by atoms with Crippen LogP contribution in [0.4, 0.5) is 0 Å². The van der Waals surface area contributed by atoms with Crippen LogP contribution in [0.25, 0.3) is 0 Å². The predicted molar refractivity (Wildman–Crippen MR) is 93.7 cm³/mol. The fourth-order valence-corrected chi connectivity index (χ4v) is 3.05. The van der Waals surface area contributed by atoms with Gasteiger partial charge in [-0.2, -0.15) is 5.10 Å². The molecule has 6 nitrogen and oxygen atoms in total. The van der Waals surface area contributed by atoms with Crippen molar-refractivity contribution >= 4 is 5.96 Å². The summed E-state index contributed by atoms with van der Waals surface area (Å²) in [5.74, 6) is 0.827. The van der Waals surface area contributed by atoms with Crippen LogP contribution in [0.15, 0.2) is 4.99 Å². The molecule has 1 heterocycles. The Labute approximate surface area is 139 Å². The number of aliphatic imine (C=N–C) groups is 1. The Morgan fingerprint density at radius 2 is 2.04 bits per heavy atom. The van der Waals surface area contributed by atoms with Crippen molar-refractivity contribution in [2.24, 2.45) is 12.0 Å². The number of ether oxygens (including phenoxy) is 1. The minimum absolute atomic E-state index is 0.504. The van der Waals surface area contributed by atoms with Gasteiger partial charge in [-0.3, -0.25) is 9.67 Å². The molecule has 1 aliphatic carbocycles. The Hall–Kier alpha value is -1.56. The number of hydrogen-bond acceptors (Lipinski definition) is 3. The van der Waals surface area contributed by atoms with Crippen molar-refractivity contribution in [3.63, 3.8) is 0 Å². The lowest BCUT2D eigenvalue weighted by Gasteiger charge is -2.14. The van der Waals surface area contributed by atoms with Crippen LogP contribution in [-0.2, 0) is 18.3 Å². The zero-order chi connectivity index (χ0) is 16.7. The van der Waals surface area contributed by atoms with E-state index >= 15 is 0 Å². The normalized spacial score (nSPS) is 16.1. The van der Waals surface area contributed by atoms with E-state index in [0.717, 1.165) is 37.8 Å². The highest BCUT2D eigenvalue weighted by atomic mass is 16.5. The molecule has 2 N–H and O–H groups in total. The Bertz CT molecular complexity index is 517. The summed E-state index contributed by atoms with van der Waals surface area (Å²) in [6, 6.07) is 0. The molecule has 130 valence electrons. The molecule has 1 saturated carbocycles. The number of guanidine groups is 1. The molecule has 2 rings (SSSR count). The average Bonchev–Trinajstić information content (AvgIpc) is 3.13. The van der Waals surface area contributed by atoms with Gasteiger partial charge in [0.15, 0.2) is 5.96 Å². The lowest BCUT2D eigenvalue weighted by Crippen LogP contribution is -2.37. The molecule has 1 aromatic rings. The van der Waals surface area contributed by atoms with Crippen molar-refractivity contribution in [2.75, 3.05) is 20.2 Å². The topological polar surface area (TPSA) is 63.5 Å². The van der Waals surface area contributed by atoms with Crippen LogP contribution in [-0.4, -0.2) is 42.0 Å². The zero-order valence-corrected chi connectivity index (χ0v) is 15.0. The molecule has 0 aromatic carbocycles. The minimum Gasteiger partial charge on any atom is -0.378 e. The lowest BCUT2D eigenvalue weighted by molar-refractivity contribution is 0.0574. The third-order valence-corrected chi connectivity index (χ3v) is 4.58. The highest BCUT2D eigenvalue weighted by Crippen LogP contribution is 2.20. The summed E-state index contributed by atoms with van der Waals surface area (Å²) in [4.78, 5) is 4.27.